The van der Waals surface area contributed by atoms with Gasteiger partial charge in [0.2, 0.25) is 11.8 Å². The molecule has 1 saturated heterocycles. The van der Waals surface area contributed by atoms with Crippen LogP contribution in [0.3, 0.4) is 0 Å². The molecule has 2 aromatic heterocycles. The number of fused-ring (bicyclic) bond motifs is 1. The third-order valence-corrected chi connectivity index (χ3v) is 8.28. The zero-order valence-corrected chi connectivity index (χ0v) is 24.6. The Kier molecular flexibility index (Phi) is 8.84. The Balaban J connectivity index is 1.36. The number of carbonyl (C=O) groups excluding carboxylic acids is 3. The van der Waals surface area contributed by atoms with Crippen LogP contribution in [0.1, 0.15) is 62.0 Å². The molecular formula is C32H37N7O4. The number of aromatic nitrogens is 2. The van der Waals surface area contributed by atoms with E-state index < -0.39 is 35.5 Å². The number of nitriles is 1. The van der Waals surface area contributed by atoms with Crippen LogP contribution in [0.4, 0.5) is 0 Å². The molecule has 1 aliphatic carbocycles. The van der Waals surface area contributed by atoms with E-state index in [4.69, 9.17) is 4.74 Å². The molecule has 3 amide bonds. The van der Waals surface area contributed by atoms with Gasteiger partial charge in [0.05, 0.1) is 19.2 Å². The summed E-state index contributed by atoms with van der Waals surface area (Å²) >= 11 is 0. The van der Waals surface area contributed by atoms with E-state index in [0.717, 1.165) is 29.3 Å². The fraction of sp³-hybridized carbons (Fsp3) is 0.469. The van der Waals surface area contributed by atoms with Crippen molar-refractivity contribution in [1.82, 2.24) is 31.2 Å². The molecular weight excluding hydrogens is 546 g/mol. The van der Waals surface area contributed by atoms with Crippen LogP contribution in [0.25, 0.3) is 10.9 Å². The van der Waals surface area contributed by atoms with Crippen molar-refractivity contribution in [1.29, 1.82) is 5.26 Å². The predicted molar refractivity (Wildman–Crippen MR) is 159 cm³/mol. The van der Waals surface area contributed by atoms with Gasteiger partial charge in [0.15, 0.2) is 0 Å². The number of rotatable bonds is 13. The first-order chi connectivity index (χ1) is 20.7. The minimum Gasteiger partial charge on any atom is -0.496 e. The van der Waals surface area contributed by atoms with Crippen LogP contribution in [0, 0.1) is 35.4 Å². The minimum atomic E-state index is -0.863. The molecule has 11 nitrogen and oxygen atoms in total. The maximum Gasteiger partial charge on any atom is 0.268 e. The summed E-state index contributed by atoms with van der Waals surface area (Å²) in [6.07, 6.45) is 7.26. The molecule has 0 radical (unpaired) electrons. The summed E-state index contributed by atoms with van der Waals surface area (Å²) in [4.78, 5) is 46.9. The van der Waals surface area contributed by atoms with Crippen molar-refractivity contribution in [3.8, 4) is 11.8 Å². The molecule has 0 bridgehead atoms. The van der Waals surface area contributed by atoms with Gasteiger partial charge in [-0.05, 0) is 73.9 Å². The predicted octanol–water partition coefficient (Wildman–Crippen LogP) is 2.50. The van der Waals surface area contributed by atoms with Gasteiger partial charge in [-0.15, -0.1) is 0 Å². The molecule has 1 aliphatic heterocycles. The Morgan fingerprint density at radius 1 is 1.28 bits per heavy atom. The van der Waals surface area contributed by atoms with Crippen molar-refractivity contribution in [2.45, 2.75) is 69.6 Å². The van der Waals surface area contributed by atoms with Gasteiger partial charge in [-0.1, -0.05) is 19.9 Å². The molecule has 3 heterocycles. The van der Waals surface area contributed by atoms with E-state index in [9.17, 15) is 19.6 Å². The molecule has 5 N–H and O–H groups in total. The van der Waals surface area contributed by atoms with Crippen LogP contribution in [0.5, 0.6) is 5.75 Å². The number of H-pyrrole nitrogens is 1. The SMILES string of the molecule is COc1cccc2[nH]c(C(=O)NC(CC(C)C)C(=O)NC(CC3CCNC3=O)C(C#N)NC3(c4cc#cnc4)CC3)cc12. The van der Waals surface area contributed by atoms with Gasteiger partial charge < -0.3 is 25.7 Å². The Morgan fingerprint density at radius 2 is 2.09 bits per heavy atom. The number of carbonyl (C=O) groups is 3. The Labute approximate surface area is 251 Å². The summed E-state index contributed by atoms with van der Waals surface area (Å²) in [5, 5.41) is 23.3. The van der Waals surface area contributed by atoms with Crippen LogP contribution in [0.2, 0.25) is 0 Å². The molecule has 0 spiro atoms. The maximum atomic E-state index is 13.8. The fourth-order valence-electron chi connectivity index (χ4n) is 5.81. The second-order valence-corrected chi connectivity index (χ2v) is 11.8. The average Bonchev–Trinajstić information content (AvgIpc) is 3.47. The van der Waals surface area contributed by atoms with Crippen molar-refractivity contribution >= 4 is 28.6 Å². The van der Waals surface area contributed by atoms with Crippen molar-refractivity contribution in [3.63, 3.8) is 0 Å². The number of amides is 3. The highest BCUT2D eigenvalue weighted by Gasteiger charge is 2.48. The number of aromatic amines is 1. The van der Waals surface area contributed by atoms with E-state index in [1.165, 1.54) is 0 Å². The molecule has 43 heavy (non-hydrogen) atoms. The molecule has 224 valence electrons. The normalized spacial score (nSPS) is 19.0. The zero-order valence-electron chi connectivity index (χ0n) is 24.6. The van der Waals surface area contributed by atoms with E-state index in [1.54, 1.807) is 25.4 Å². The van der Waals surface area contributed by atoms with Gasteiger partial charge in [-0.25, -0.2) is 4.98 Å². The average molecular weight is 584 g/mol. The van der Waals surface area contributed by atoms with Crippen LogP contribution >= 0.6 is 0 Å². The van der Waals surface area contributed by atoms with Crippen molar-refractivity contribution in [2.24, 2.45) is 11.8 Å². The molecule has 2 fully saturated rings. The van der Waals surface area contributed by atoms with E-state index in [1.807, 2.05) is 32.0 Å². The number of hydrogen-bond acceptors (Lipinski definition) is 7. The van der Waals surface area contributed by atoms with Gasteiger partial charge in [0.25, 0.3) is 5.91 Å². The zero-order chi connectivity index (χ0) is 30.6. The Morgan fingerprint density at radius 3 is 2.72 bits per heavy atom. The summed E-state index contributed by atoms with van der Waals surface area (Å²) in [7, 11) is 1.57. The highest BCUT2D eigenvalue weighted by molar-refractivity contribution is 6.01. The summed E-state index contributed by atoms with van der Waals surface area (Å²) < 4.78 is 5.42. The standard InChI is InChI=1S/C32H37N7O4/c1-19(2)14-25(38-31(42)26-16-22-23(36-26)7-4-8-28(22)43-3)30(41)37-24(15-20-9-13-35-29(20)40)27(17-33)39-32(10-11-32)21-6-5-12-34-18-21/h4,6-8,16,18-20,24-25,27,36,39H,9-11,13-15H2,1-3H3,(H,35,40)(H,37,41)(H,38,42). The highest BCUT2D eigenvalue weighted by atomic mass is 16.5. The quantitative estimate of drug-likeness (QED) is 0.207. The molecule has 1 aromatic carbocycles. The molecule has 5 rings (SSSR count). The van der Waals surface area contributed by atoms with Gasteiger partial charge >= 0.3 is 0 Å². The molecule has 4 atom stereocenters. The summed E-state index contributed by atoms with van der Waals surface area (Å²) in [6, 6.07) is 11.9. The fourth-order valence-corrected chi connectivity index (χ4v) is 5.81. The van der Waals surface area contributed by atoms with Crippen LogP contribution in [-0.2, 0) is 15.1 Å². The monoisotopic (exact) mass is 583 g/mol. The van der Waals surface area contributed by atoms with Gasteiger partial charge in [-0.3, -0.25) is 19.7 Å². The van der Waals surface area contributed by atoms with E-state index >= 15 is 0 Å². The number of methoxy groups -OCH3 is 1. The third kappa shape index (κ3) is 6.73. The van der Waals surface area contributed by atoms with Crippen LogP contribution in [0.15, 0.2) is 36.5 Å². The first-order valence-electron chi connectivity index (χ1n) is 14.7. The molecule has 11 heteroatoms. The van der Waals surface area contributed by atoms with E-state index in [-0.39, 0.29) is 24.2 Å². The highest BCUT2D eigenvalue weighted by Crippen LogP contribution is 2.45. The number of ether oxygens (including phenoxy) is 1. The second kappa shape index (κ2) is 12.7. The molecule has 1 saturated carbocycles. The lowest BCUT2D eigenvalue weighted by molar-refractivity contribution is -0.126. The van der Waals surface area contributed by atoms with Crippen molar-refractivity contribution in [2.75, 3.05) is 13.7 Å². The largest absolute Gasteiger partial charge is 0.496 e. The maximum absolute atomic E-state index is 13.8. The number of nitrogens with one attached hydrogen (secondary N) is 5. The van der Waals surface area contributed by atoms with Gasteiger partial charge in [0, 0.05) is 41.3 Å². The number of benzene rings is 1. The summed E-state index contributed by atoms with van der Waals surface area (Å²) in [6.45, 7) is 4.50. The smallest absolute Gasteiger partial charge is 0.268 e. The van der Waals surface area contributed by atoms with Crippen molar-refractivity contribution < 1.29 is 19.1 Å². The molecule has 2 aliphatic rings. The van der Waals surface area contributed by atoms with Crippen LogP contribution < -0.4 is 26.0 Å². The Bertz CT molecular complexity index is 1510. The lowest BCUT2D eigenvalue weighted by atomic mass is 9.92. The summed E-state index contributed by atoms with van der Waals surface area (Å²) in [5.41, 5.74) is 1.49. The van der Waals surface area contributed by atoms with E-state index in [0.29, 0.717) is 30.8 Å². The minimum absolute atomic E-state index is 0.0873. The molecule has 4 unspecified atom stereocenters. The first-order valence-corrected chi connectivity index (χ1v) is 14.7. The first kappa shape index (κ1) is 29.9. The van der Waals surface area contributed by atoms with Gasteiger partial charge in [0.1, 0.15) is 23.5 Å². The van der Waals surface area contributed by atoms with Gasteiger partial charge in [-0.2, -0.15) is 5.26 Å². The third-order valence-electron chi connectivity index (χ3n) is 8.28. The topological polar surface area (TPSA) is 161 Å². The number of nitrogens with zero attached hydrogens (tertiary/aromatic N) is 2. The second-order valence-electron chi connectivity index (χ2n) is 11.8. The van der Waals surface area contributed by atoms with Crippen LogP contribution in [-0.4, -0.2) is 59.5 Å². The number of hydrogen-bond donors (Lipinski definition) is 5. The lowest BCUT2D eigenvalue weighted by Crippen LogP contribution is -2.57. The molecule has 3 aromatic rings. The Hall–Kier alpha value is -4.61. The lowest BCUT2D eigenvalue weighted by Gasteiger charge is -2.31. The summed E-state index contributed by atoms with van der Waals surface area (Å²) in [5.74, 6) is -0.530. The van der Waals surface area contributed by atoms with E-state index in [2.05, 4.69) is 49.6 Å². The van der Waals surface area contributed by atoms with Crippen molar-refractivity contribution in [3.05, 3.63) is 60.0 Å².